The van der Waals surface area contributed by atoms with Crippen LogP contribution in [0.2, 0.25) is 0 Å². The maximum absolute atomic E-state index is 10.7. The van der Waals surface area contributed by atoms with Crippen molar-refractivity contribution in [3.05, 3.63) is 32.3 Å². The molecule has 1 aromatic heterocycles. The van der Waals surface area contributed by atoms with Crippen molar-refractivity contribution in [2.45, 2.75) is 0 Å². The summed E-state index contributed by atoms with van der Waals surface area (Å²) >= 11 is 3.02. The lowest BCUT2D eigenvalue weighted by molar-refractivity contribution is 0.295. The normalized spacial score (nSPS) is 9.73. The van der Waals surface area contributed by atoms with E-state index in [-0.39, 0.29) is 5.69 Å². The van der Waals surface area contributed by atoms with Crippen molar-refractivity contribution in [3.63, 3.8) is 0 Å². The van der Waals surface area contributed by atoms with Gasteiger partial charge >= 0.3 is 0 Å². The predicted molar refractivity (Wildman–Crippen MR) is 42.4 cm³/mol. The molecule has 0 fully saturated rings. The molecule has 6 heteroatoms. The maximum Gasteiger partial charge on any atom is 0.272 e. The molecule has 11 heavy (non-hydrogen) atoms. The quantitative estimate of drug-likeness (QED) is 0.687. The predicted octanol–water partition coefficient (Wildman–Crippen LogP) is 0.831. The number of anilines is 1. The first-order valence-electron chi connectivity index (χ1n) is 2.65. The van der Waals surface area contributed by atoms with Gasteiger partial charge in [-0.2, -0.15) is 0 Å². The minimum atomic E-state index is -0.634. The Labute approximate surface area is 69.9 Å². The molecule has 5 nitrogen and oxygen atoms in total. The highest BCUT2D eigenvalue weighted by Gasteiger charge is 1.98. The smallest absolute Gasteiger partial charge is 0.272 e. The number of H-pyrrole nitrogens is 1. The van der Waals surface area contributed by atoms with Crippen molar-refractivity contribution in [2.24, 2.45) is 0 Å². The fourth-order valence-corrected chi connectivity index (χ4v) is 0.920. The third kappa shape index (κ3) is 1.79. The van der Waals surface area contributed by atoms with Crippen molar-refractivity contribution in [1.82, 2.24) is 4.98 Å². The van der Waals surface area contributed by atoms with Gasteiger partial charge in [0.05, 0.1) is 0 Å². The molecule has 0 bridgehead atoms. The summed E-state index contributed by atoms with van der Waals surface area (Å²) in [6, 6.07) is 1.21. The third-order valence-corrected chi connectivity index (χ3v) is 1.51. The number of nitrogens with one attached hydrogen (secondary N) is 1. The molecule has 0 aliphatic rings. The standard InChI is InChI=1S/C5H4BrN2O3/c6-3-1-4(8(10)11)5(9)7-2-3/h1-2,10H,(H,7,9)/q-1. The maximum atomic E-state index is 10.7. The Balaban J connectivity index is 3.24. The first-order chi connectivity index (χ1) is 5.11. The van der Waals surface area contributed by atoms with E-state index < -0.39 is 10.8 Å². The molecule has 0 saturated heterocycles. The second-order valence-electron chi connectivity index (χ2n) is 1.81. The summed E-state index contributed by atoms with van der Waals surface area (Å²) in [6.45, 7) is 0. The van der Waals surface area contributed by atoms with Gasteiger partial charge in [-0.25, -0.2) is 0 Å². The Kier molecular flexibility index (Phi) is 2.28. The number of rotatable bonds is 1. The van der Waals surface area contributed by atoms with Gasteiger partial charge in [0, 0.05) is 10.7 Å². The zero-order valence-corrected chi connectivity index (χ0v) is 6.83. The zero-order valence-electron chi connectivity index (χ0n) is 5.24. The number of aromatic nitrogens is 1. The van der Waals surface area contributed by atoms with E-state index in [0.717, 1.165) is 0 Å². The summed E-state index contributed by atoms with van der Waals surface area (Å²) in [6.07, 6.45) is 1.37. The Bertz CT molecular complexity index is 309. The van der Waals surface area contributed by atoms with Gasteiger partial charge in [-0.3, -0.25) is 10.0 Å². The Morgan fingerprint density at radius 2 is 2.36 bits per heavy atom. The number of halogens is 1. The second kappa shape index (κ2) is 3.04. The molecular weight excluding hydrogens is 216 g/mol. The van der Waals surface area contributed by atoms with Crippen molar-refractivity contribution in [1.29, 1.82) is 0 Å². The molecule has 0 spiro atoms. The van der Waals surface area contributed by atoms with Crippen LogP contribution >= 0.6 is 15.9 Å². The van der Waals surface area contributed by atoms with Crippen LogP contribution in [-0.4, -0.2) is 10.2 Å². The number of hydrogen-bond acceptors (Lipinski definition) is 4. The van der Waals surface area contributed by atoms with Crippen LogP contribution < -0.4 is 10.8 Å². The third-order valence-electron chi connectivity index (χ3n) is 1.05. The van der Waals surface area contributed by atoms with E-state index >= 15 is 0 Å². The largest absolute Gasteiger partial charge is 0.733 e. The number of nitrogens with zero attached hydrogens (tertiary/aromatic N) is 1. The number of pyridine rings is 1. The lowest BCUT2D eigenvalue weighted by Gasteiger charge is -2.19. The van der Waals surface area contributed by atoms with E-state index in [0.29, 0.717) is 4.47 Å². The van der Waals surface area contributed by atoms with Gasteiger partial charge in [-0.05, 0) is 22.0 Å². The average Bonchev–Trinajstić information content (AvgIpc) is 1.94. The van der Waals surface area contributed by atoms with Crippen LogP contribution in [-0.2, 0) is 0 Å². The Morgan fingerprint density at radius 3 is 2.82 bits per heavy atom. The van der Waals surface area contributed by atoms with Crippen LogP contribution in [0.15, 0.2) is 21.5 Å². The average molecular weight is 220 g/mol. The van der Waals surface area contributed by atoms with Gasteiger partial charge in [0.1, 0.15) is 5.69 Å². The molecule has 0 atom stereocenters. The van der Waals surface area contributed by atoms with E-state index in [9.17, 15) is 10.0 Å². The minimum Gasteiger partial charge on any atom is -0.733 e. The van der Waals surface area contributed by atoms with E-state index in [4.69, 9.17) is 5.21 Å². The summed E-state index contributed by atoms with van der Waals surface area (Å²) in [4.78, 5) is 13.0. The lowest BCUT2D eigenvalue weighted by Crippen LogP contribution is -2.18. The molecule has 1 heterocycles. The fourth-order valence-electron chi connectivity index (χ4n) is 0.588. The molecule has 0 aliphatic carbocycles. The van der Waals surface area contributed by atoms with Gasteiger partial charge in [0.2, 0.25) is 0 Å². The van der Waals surface area contributed by atoms with Crippen LogP contribution in [0.5, 0.6) is 0 Å². The van der Waals surface area contributed by atoms with Crippen molar-refractivity contribution in [2.75, 3.05) is 5.23 Å². The molecule has 1 aromatic rings. The summed E-state index contributed by atoms with van der Waals surface area (Å²) in [5, 5.41) is 18.1. The van der Waals surface area contributed by atoms with Gasteiger partial charge in [0.25, 0.3) is 5.56 Å². The monoisotopic (exact) mass is 219 g/mol. The molecule has 1 rings (SSSR count). The molecule has 0 radical (unpaired) electrons. The first kappa shape index (κ1) is 8.25. The highest BCUT2D eigenvalue weighted by Crippen LogP contribution is 2.11. The van der Waals surface area contributed by atoms with Crippen LogP contribution in [0.3, 0.4) is 0 Å². The van der Waals surface area contributed by atoms with E-state index in [2.05, 4.69) is 20.9 Å². The molecule has 0 saturated carbocycles. The molecule has 0 unspecified atom stereocenters. The highest BCUT2D eigenvalue weighted by atomic mass is 79.9. The first-order valence-corrected chi connectivity index (χ1v) is 3.45. The molecule has 0 aromatic carbocycles. The SMILES string of the molecule is O=c1[nH]cc(Br)cc1N([O-])O. The van der Waals surface area contributed by atoms with Gasteiger partial charge in [-0.15, -0.1) is 0 Å². The van der Waals surface area contributed by atoms with Crippen LogP contribution in [0, 0.1) is 5.21 Å². The molecule has 0 aliphatic heterocycles. The van der Waals surface area contributed by atoms with Crippen molar-refractivity contribution < 1.29 is 5.21 Å². The molecular formula is C5H4BrN2O3-. The summed E-state index contributed by atoms with van der Waals surface area (Å²) in [5.74, 6) is 0. The number of hydrogen-bond donors (Lipinski definition) is 2. The molecule has 60 valence electrons. The van der Waals surface area contributed by atoms with Gasteiger partial charge in [0.15, 0.2) is 0 Å². The summed E-state index contributed by atoms with van der Waals surface area (Å²) in [7, 11) is 0. The second-order valence-corrected chi connectivity index (χ2v) is 2.72. The Hall–Kier alpha value is -0.850. The van der Waals surface area contributed by atoms with Gasteiger partial charge < -0.3 is 15.4 Å². The van der Waals surface area contributed by atoms with Crippen LogP contribution in [0.1, 0.15) is 0 Å². The number of aromatic amines is 1. The molecule has 0 amide bonds. The van der Waals surface area contributed by atoms with Crippen LogP contribution in [0.4, 0.5) is 5.69 Å². The Morgan fingerprint density at radius 1 is 1.73 bits per heavy atom. The minimum absolute atomic E-state index is 0.348. The van der Waals surface area contributed by atoms with Crippen molar-refractivity contribution >= 4 is 21.6 Å². The zero-order chi connectivity index (χ0) is 8.43. The summed E-state index contributed by atoms with van der Waals surface area (Å²) < 4.78 is 0.516. The highest BCUT2D eigenvalue weighted by molar-refractivity contribution is 9.10. The van der Waals surface area contributed by atoms with Crippen LogP contribution in [0.25, 0.3) is 0 Å². The van der Waals surface area contributed by atoms with E-state index in [1.54, 1.807) is 0 Å². The van der Waals surface area contributed by atoms with Gasteiger partial charge in [-0.1, -0.05) is 0 Å². The van der Waals surface area contributed by atoms with Crippen molar-refractivity contribution in [3.8, 4) is 0 Å². The lowest BCUT2D eigenvalue weighted by atomic mass is 10.4. The topological polar surface area (TPSA) is 79.4 Å². The fraction of sp³-hybridized carbons (Fsp3) is 0. The van der Waals surface area contributed by atoms with E-state index in [1.807, 2.05) is 0 Å². The van der Waals surface area contributed by atoms with E-state index in [1.165, 1.54) is 12.3 Å². The molecule has 2 N–H and O–H groups in total. The summed E-state index contributed by atoms with van der Waals surface area (Å²) in [5.41, 5.74) is -0.981.